The highest BCUT2D eigenvalue weighted by Crippen LogP contribution is 2.41. The van der Waals surface area contributed by atoms with Gasteiger partial charge in [-0.1, -0.05) is 13.8 Å². The average molecular weight is 330 g/mol. The van der Waals surface area contributed by atoms with E-state index in [0.717, 1.165) is 24.8 Å². The van der Waals surface area contributed by atoms with Gasteiger partial charge < -0.3 is 14.9 Å². The lowest BCUT2D eigenvalue weighted by Crippen LogP contribution is -2.14. The Morgan fingerprint density at radius 1 is 1.38 bits per heavy atom. The molecule has 1 heterocycles. The van der Waals surface area contributed by atoms with Gasteiger partial charge in [-0.05, 0) is 48.9 Å². The van der Waals surface area contributed by atoms with Crippen molar-refractivity contribution in [3.05, 3.63) is 30.0 Å². The molecule has 2 aromatic rings. The number of aromatic nitrogens is 2. The molecule has 2 N–H and O–H groups in total. The maximum absolute atomic E-state index is 11.1. The molecular weight excluding hydrogens is 308 g/mol. The van der Waals surface area contributed by atoms with Gasteiger partial charge in [-0.3, -0.25) is 4.68 Å². The van der Waals surface area contributed by atoms with Crippen molar-refractivity contribution in [2.45, 2.75) is 39.2 Å². The largest absolute Gasteiger partial charge is 0.504 e. The van der Waals surface area contributed by atoms with Crippen LogP contribution >= 0.6 is 0 Å². The number of carbonyl (C=O) groups is 1. The van der Waals surface area contributed by atoms with Crippen LogP contribution < -0.4 is 4.74 Å². The summed E-state index contributed by atoms with van der Waals surface area (Å²) in [6.07, 6.45) is 3.10. The number of aromatic hydroxyl groups is 1. The number of rotatable bonds is 4. The lowest BCUT2D eigenvalue weighted by molar-refractivity contribution is 0.0689. The van der Waals surface area contributed by atoms with E-state index >= 15 is 0 Å². The van der Waals surface area contributed by atoms with E-state index < -0.39 is 5.97 Å². The molecule has 0 aliphatic heterocycles. The third kappa shape index (κ3) is 3.22. The van der Waals surface area contributed by atoms with Crippen molar-refractivity contribution in [3.63, 3.8) is 0 Å². The Labute approximate surface area is 140 Å². The summed E-state index contributed by atoms with van der Waals surface area (Å²) in [5.41, 5.74) is 1.66. The predicted molar refractivity (Wildman–Crippen MR) is 89.3 cm³/mol. The third-order valence-electron chi connectivity index (χ3n) is 4.57. The monoisotopic (exact) mass is 330 g/mol. The van der Waals surface area contributed by atoms with Crippen LogP contribution in [0.5, 0.6) is 11.5 Å². The normalized spacial score (nSPS) is 19.4. The first-order valence-electron chi connectivity index (χ1n) is 8.02. The van der Waals surface area contributed by atoms with E-state index in [1.54, 1.807) is 25.2 Å². The molecule has 1 aromatic carbocycles. The summed E-state index contributed by atoms with van der Waals surface area (Å²) in [6, 6.07) is 6.54. The fourth-order valence-electron chi connectivity index (χ4n) is 3.26. The first-order chi connectivity index (χ1) is 11.2. The van der Waals surface area contributed by atoms with Gasteiger partial charge in [-0.15, -0.1) is 0 Å². The number of phenols is 1. The van der Waals surface area contributed by atoms with E-state index in [4.69, 9.17) is 9.84 Å². The van der Waals surface area contributed by atoms with Crippen LogP contribution in [0.15, 0.2) is 24.3 Å². The Morgan fingerprint density at radius 2 is 2.12 bits per heavy atom. The molecule has 0 saturated heterocycles. The van der Waals surface area contributed by atoms with Crippen LogP contribution in [0, 0.1) is 5.41 Å². The van der Waals surface area contributed by atoms with Crippen LogP contribution in [0.4, 0.5) is 0 Å². The average Bonchev–Trinajstić information content (AvgIpc) is 3.04. The lowest BCUT2D eigenvalue weighted by Gasteiger charge is -2.19. The van der Waals surface area contributed by atoms with Crippen LogP contribution in [-0.2, 0) is 7.05 Å². The second-order valence-electron chi connectivity index (χ2n) is 7.17. The van der Waals surface area contributed by atoms with Gasteiger partial charge in [0.1, 0.15) is 0 Å². The highest BCUT2D eigenvalue weighted by atomic mass is 16.5. The molecule has 1 aromatic heterocycles. The molecule has 1 aliphatic rings. The zero-order valence-corrected chi connectivity index (χ0v) is 14.1. The SMILES string of the molecule is Cn1nc(C(=O)O)cc1-c1ccc(O)c(OC2CCC(C)(C)C2)c1. The number of aryl methyl sites for hydroxylation is 1. The van der Waals surface area contributed by atoms with Crippen molar-refractivity contribution >= 4 is 5.97 Å². The fourth-order valence-corrected chi connectivity index (χ4v) is 3.26. The molecule has 6 heteroatoms. The topological polar surface area (TPSA) is 84.6 Å². The number of hydrogen-bond donors (Lipinski definition) is 2. The van der Waals surface area contributed by atoms with Crippen molar-refractivity contribution in [1.82, 2.24) is 9.78 Å². The van der Waals surface area contributed by atoms with E-state index in [1.165, 1.54) is 10.7 Å². The Morgan fingerprint density at radius 3 is 2.71 bits per heavy atom. The molecule has 1 aliphatic carbocycles. The minimum Gasteiger partial charge on any atom is -0.504 e. The zero-order chi connectivity index (χ0) is 17.5. The minimum atomic E-state index is -1.07. The third-order valence-corrected chi connectivity index (χ3v) is 4.57. The molecular formula is C18H22N2O4. The fraction of sp³-hybridized carbons (Fsp3) is 0.444. The number of phenolic OH excluding ortho intramolecular Hbond substituents is 1. The molecule has 0 spiro atoms. The molecule has 1 unspecified atom stereocenters. The molecule has 1 atom stereocenters. The van der Waals surface area contributed by atoms with E-state index in [1.807, 2.05) is 0 Å². The van der Waals surface area contributed by atoms with Crippen molar-refractivity contribution < 1.29 is 19.7 Å². The first kappa shape index (κ1) is 16.4. The number of hydrogen-bond acceptors (Lipinski definition) is 4. The smallest absolute Gasteiger partial charge is 0.356 e. The van der Waals surface area contributed by atoms with Gasteiger partial charge in [-0.2, -0.15) is 5.10 Å². The summed E-state index contributed by atoms with van der Waals surface area (Å²) in [5.74, 6) is -0.558. The Kier molecular flexibility index (Phi) is 3.99. The number of nitrogens with zero attached hydrogens (tertiary/aromatic N) is 2. The van der Waals surface area contributed by atoms with Crippen LogP contribution in [-0.4, -0.2) is 32.1 Å². The molecule has 0 bridgehead atoms. The quantitative estimate of drug-likeness (QED) is 0.897. The number of aromatic carboxylic acids is 1. The molecule has 128 valence electrons. The lowest BCUT2D eigenvalue weighted by atomic mass is 9.92. The minimum absolute atomic E-state index is 0.0133. The number of carboxylic acid groups (broad SMARTS) is 1. The molecule has 1 saturated carbocycles. The van der Waals surface area contributed by atoms with E-state index in [9.17, 15) is 9.90 Å². The van der Waals surface area contributed by atoms with Gasteiger partial charge in [0.15, 0.2) is 17.2 Å². The number of carboxylic acids is 1. The van der Waals surface area contributed by atoms with Gasteiger partial charge in [-0.25, -0.2) is 4.79 Å². The Balaban J connectivity index is 1.88. The number of benzene rings is 1. The van der Waals surface area contributed by atoms with Crippen molar-refractivity contribution in [3.8, 4) is 22.8 Å². The van der Waals surface area contributed by atoms with E-state index in [0.29, 0.717) is 11.4 Å². The van der Waals surface area contributed by atoms with Gasteiger partial charge in [0.25, 0.3) is 0 Å². The van der Waals surface area contributed by atoms with Gasteiger partial charge in [0, 0.05) is 12.6 Å². The van der Waals surface area contributed by atoms with E-state index in [2.05, 4.69) is 18.9 Å². The second kappa shape index (κ2) is 5.85. The van der Waals surface area contributed by atoms with Crippen LogP contribution in [0.3, 0.4) is 0 Å². The molecule has 3 rings (SSSR count). The van der Waals surface area contributed by atoms with Gasteiger partial charge in [0.2, 0.25) is 0 Å². The van der Waals surface area contributed by atoms with Gasteiger partial charge >= 0.3 is 5.97 Å². The van der Waals surface area contributed by atoms with Crippen LogP contribution in [0.2, 0.25) is 0 Å². The first-order valence-corrected chi connectivity index (χ1v) is 8.02. The maximum Gasteiger partial charge on any atom is 0.356 e. The van der Waals surface area contributed by atoms with Crippen molar-refractivity contribution in [2.75, 3.05) is 0 Å². The summed E-state index contributed by atoms with van der Waals surface area (Å²) >= 11 is 0. The standard InChI is InChI=1S/C18H22N2O4/c1-18(2)7-6-12(10-18)24-16-8-11(4-5-15(16)21)14-9-13(17(22)23)19-20(14)3/h4-5,8-9,12,21H,6-7,10H2,1-3H3,(H,22,23). The molecule has 1 fully saturated rings. The van der Waals surface area contributed by atoms with Crippen LogP contribution in [0.25, 0.3) is 11.3 Å². The summed E-state index contributed by atoms with van der Waals surface area (Å²) in [7, 11) is 1.69. The Bertz CT molecular complexity index is 779. The molecule has 0 amide bonds. The predicted octanol–water partition coefficient (Wildman–Crippen LogP) is 3.45. The zero-order valence-electron chi connectivity index (χ0n) is 14.1. The highest BCUT2D eigenvalue weighted by Gasteiger charge is 2.32. The second-order valence-corrected chi connectivity index (χ2v) is 7.17. The maximum atomic E-state index is 11.1. The van der Waals surface area contributed by atoms with Gasteiger partial charge in [0.05, 0.1) is 11.8 Å². The van der Waals surface area contributed by atoms with E-state index in [-0.39, 0.29) is 23.0 Å². The van der Waals surface area contributed by atoms with Crippen molar-refractivity contribution in [1.29, 1.82) is 0 Å². The number of ether oxygens (including phenoxy) is 1. The highest BCUT2D eigenvalue weighted by molar-refractivity contribution is 5.87. The van der Waals surface area contributed by atoms with Crippen molar-refractivity contribution in [2.24, 2.45) is 12.5 Å². The Hall–Kier alpha value is -2.50. The molecule has 24 heavy (non-hydrogen) atoms. The summed E-state index contributed by atoms with van der Waals surface area (Å²) in [6.45, 7) is 4.44. The molecule has 6 nitrogen and oxygen atoms in total. The summed E-state index contributed by atoms with van der Waals surface area (Å²) in [5, 5.41) is 23.1. The summed E-state index contributed by atoms with van der Waals surface area (Å²) < 4.78 is 7.51. The summed E-state index contributed by atoms with van der Waals surface area (Å²) in [4.78, 5) is 11.1. The molecule has 0 radical (unpaired) electrons. The van der Waals surface area contributed by atoms with Crippen LogP contribution in [0.1, 0.15) is 43.6 Å².